The van der Waals surface area contributed by atoms with Crippen molar-refractivity contribution in [3.05, 3.63) is 18.1 Å². The van der Waals surface area contributed by atoms with E-state index in [2.05, 4.69) is 40.1 Å². The fourth-order valence-corrected chi connectivity index (χ4v) is 2.74. The second-order valence-corrected chi connectivity index (χ2v) is 7.52. The van der Waals surface area contributed by atoms with Crippen molar-refractivity contribution in [3.63, 3.8) is 0 Å². The van der Waals surface area contributed by atoms with Crippen molar-refractivity contribution in [1.29, 1.82) is 0 Å². The summed E-state index contributed by atoms with van der Waals surface area (Å²) in [6.07, 6.45) is 4.17. The minimum atomic E-state index is -0.460. The van der Waals surface area contributed by atoms with Crippen molar-refractivity contribution in [2.24, 2.45) is 0 Å². The molecule has 1 aliphatic rings. The van der Waals surface area contributed by atoms with E-state index < -0.39 is 5.60 Å². The zero-order valence-electron chi connectivity index (χ0n) is 15.5. The van der Waals surface area contributed by atoms with Gasteiger partial charge in [0.1, 0.15) is 17.7 Å². The number of piperidine rings is 1. The Morgan fingerprint density at radius 2 is 2.04 bits per heavy atom. The molecule has 0 aliphatic carbocycles. The van der Waals surface area contributed by atoms with E-state index in [0.717, 1.165) is 43.9 Å². The number of nitrogens with one attached hydrogen (secondary N) is 1. The number of amides is 1. The summed E-state index contributed by atoms with van der Waals surface area (Å²) in [5.74, 6) is 1.43. The number of carbonyl (C=O) groups is 1. The molecule has 0 spiro atoms. The molecule has 2 heterocycles. The average Bonchev–Trinajstić information content (AvgIpc) is 2.53. The molecule has 0 radical (unpaired) electrons. The van der Waals surface area contributed by atoms with Gasteiger partial charge in [0, 0.05) is 30.9 Å². The summed E-state index contributed by atoms with van der Waals surface area (Å²) in [7, 11) is 0. The minimum Gasteiger partial charge on any atom is -0.444 e. The third-order valence-corrected chi connectivity index (χ3v) is 4.33. The van der Waals surface area contributed by atoms with Crippen molar-refractivity contribution in [3.8, 4) is 0 Å². The lowest BCUT2D eigenvalue weighted by Gasteiger charge is -2.33. The monoisotopic (exact) mass is 334 g/mol. The number of nitrogens with zero attached hydrogens (tertiary/aromatic N) is 3. The predicted octanol–water partition coefficient (Wildman–Crippen LogP) is 3.48. The molecule has 24 heavy (non-hydrogen) atoms. The van der Waals surface area contributed by atoms with Crippen LogP contribution in [0.3, 0.4) is 0 Å². The molecule has 1 aliphatic heterocycles. The van der Waals surface area contributed by atoms with Gasteiger partial charge in [-0.3, -0.25) is 0 Å². The Hall–Kier alpha value is -1.85. The van der Waals surface area contributed by atoms with Crippen molar-refractivity contribution < 1.29 is 9.53 Å². The number of carbonyl (C=O) groups excluding carboxylic acids is 1. The van der Waals surface area contributed by atoms with Crippen LogP contribution < -0.4 is 10.2 Å². The van der Waals surface area contributed by atoms with Crippen LogP contribution >= 0.6 is 0 Å². The van der Waals surface area contributed by atoms with Crippen LogP contribution in [0, 0.1) is 0 Å². The van der Waals surface area contributed by atoms with E-state index in [1.807, 2.05) is 20.8 Å². The van der Waals surface area contributed by atoms with Crippen LogP contribution in [0.5, 0.6) is 0 Å². The number of alkyl carbamates (subject to hydrolysis) is 1. The quantitative estimate of drug-likeness (QED) is 0.913. The second-order valence-electron chi connectivity index (χ2n) is 7.52. The Balaban J connectivity index is 1.88. The number of aromatic nitrogens is 2. The molecule has 1 N–H and O–H groups in total. The van der Waals surface area contributed by atoms with Gasteiger partial charge in [-0.1, -0.05) is 13.8 Å². The maximum atomic E-state index is 11.9. The van der Waals surface area contributed by atoms with Crippen LogP contribution in [-0.4, -0.2) is 40.8 Å². The van der Waals surface area contributed by atoms with Gasteiger partial charge in [-0.2, -0.15) is 0 Å². The first-order chi connectivity index (χ1) is 11.3. The summed E-state index contributed by atoms with van der Waals surface area (Å²) in [5, 5.41) is 2.97. The van der Waals surface area contributed by atoms with Gasteiger partial charge in [0.15, 0.2) is 0 Å². The molecule has 6 heteroatoms. The molecule has 1 aromatic heterocycles. The summed E-state index contributed by atoms with van der Waals surface area (Å²) in [6, 6.07) is 2.25. The van der Waals surface area contributed by atoms with E-state index in [4.69, 9.17) is 4.74 Å². The molecule has 6 nitrogen and oxygen atoms in total. The highest BCUT2D eigenvalue weighted by Crippen LogP contribution is 2.22. The van der Waals surface area contributed by atoms with Gasteiger partial charge in [-0.15, -0.1) is 0 Å². The smallest absolute Gasteiger partial charge is 0.407 e. The maximum absolute atomic E-state index is 11.9. The molecule has 1 aromatic rings. The Morgan fingerprint density at radius 1 is 1.38 bits per heavy atom. The normalized spacial score (nSPS) is 17.5. The van der Waals surface area contributed by atoms with Crippen LogP contribution in [0.1, 0.15) is 65.5 Å². The minimum absolute atomic E-state index is 0.159. The molecule has 0 bridgehead atoms. The van der Waals surface area contributed by atoms with Gasteiger partial charge >= 0.3 is 6.09 Å². The molecule has 0 aromatic carbocycles. The van der Waals surface area contributed by atoms with Gasteiger partial charge in [-0.25, -0.2) is 14.8 Å². The number of rotatable bonds is 4. The lowest BCUT2D eigenvalue weighted by atomic mass is 10.0. The van der Waals surface area contributed by atoms with Crippen LogP contribution in [-0.2, 0) is 4.74 Å². The highest BCUT2D eigenvalue weighted by atomic mass is 16.6. The van der Waals surface area contributed by atoms with Crippen LogP contribution in [0.2, 0.25) is 0 Å². The van der Waals surface area contributed by atoms with Gasteiger partial charge in [0.2, 0.25) is 0 Å². The van der Waals surface area contributed by atoms with E-state index in [9.17, 15) is 4.79 Å². The Morgan fingerprint density at radius 3 is 2.62 bits per heavy atom. The number of anilines is 1. The lowest BCUT2D eigenvalue weighted by molar-refractivity contribution is 0.0497. The predicted molar refractivity (Wildman–Crippen MR) is 95.3 cm³/mol. The molecule has 1 fully saturated rings. The van der Waals surface area contributed by atoms with Gasteiger partial charge in [0.05, 0.1) is 0 Å². The fraction of sp³-hybridized carbons (Fsp3) is 0.722. The van der Waals surface area contributed by atoms with Gasteiger partial charge < -0.3 is 15.0 Å². The van der Waals surface area contributed by atoms with E-state index in [0.29, 0.717) is 5.92 Å². The zero-order chi connectivity index (χ0) is 17.7. The van der Waals surface area contributed by atoms with Crippen LogP contribution in [0.4, 0.5) is 10.6 Å². The second kappa shape index (κ2) is 7.81. The Labute approximate surface area is 145 Å². The number of hydrogen-bond donors (Lipinski definition) is 1. The molecule has 1 unspecified atom stereocenters. The molecule has 134 valence electrons. The number of ether oxygens (including phenoxy) is 1. The molecule has 0 saturated carbocycles. The molecule has 1 atom stereocenters. The molecular formula is C18H30N4O2. The number of hydrogen-bond acceptors (Lipinski definition) is 5. The summed E-state index contributed by atoms with van der Waals surface area (Å²) >= 11 is 0. The summed E-state index contributed by atoms with van der Waals surface area (Å²) in [5.41, 5.74) is 0.634. The molecule has 1 saturated heterocycles. The summed E-state index contributed by atoms with van der Waals surface area (Å²) in [4.78, 5) is 22.9. The van der Waals surface area contributed by atoms with Crippen molar-refractivity contribution in [2.45, 2.75) is 71.4 Å². The fourth-order valence-electron chi connectivity index (χ4n) is 2.74. The third kappa shape index (κ3) is 5.35. The van der Waals surface area contributed by atoms with E-state index in [1.54, 1.807) is 6.33 Å². The van der Waals surface area contributed by atoms with Gasteiger partial charge in [0.25, 0.3) is 0 Å². The molecule has 2 rings (SSSR count). The highest BCUT2D eigenvalue weighted by molar-refractivity contribution is 5.68. The Bertz CT molecular complexity index is 548. The first-order valence-corrected chi connectivity index (χ1v) is 8.85. The maximum Gasteiger partial charge on any atom is 0.407 e. The summed E-state index contributed by atoms with van der Waals surface area (Å²) in [6.45, 7) is 11.7. The SMILES string of the molecule is CCC(C)c1cc(N2CCC(NC(=O)OC(C)(C)C)CC2)ncn1. The van der Waals surface area contributed by atoms with E-state index in [1.165, 1.54) is 0 Å². The zero-order valence-corrected chi connectivity index (χ0v) is 15.5. The summed E-state index contributed by atoms with van der Waals surface area (Å²) < 4.78 is 5.32. The largest absolute Gasteiger partial charge is 0.444 e. The van der Waals surface area contributed by atoms with Crippen molar-refractivity contribution in [1.82, 2.24) is 15.3 Å². The van der Waals surface area contributed by atoms with Gasteiger partial charge in [-0.05, 0) is 46.0 Å². The third-order valence-electron chi connectivity index (χ3n) is 4.33. The topological polar surface area (TPSA) is 67.4 Å². The van der Waals surface area contributed by atoms with E-state index in [-0.39, 0.29) is 12.1 Å². The van der Waals surface area contributed by atoms with Crippen LogP contribution in [0.25, 0.3) is 0 Å². The average molecular weight is 334 g/mol. The molecular weight excluding hydrogens is 304 g/mol. The van der Waals surface area contributed by atoms with Crippen molar-refractivity contribution in [2.75, 3.05) is 18.0 Å². The molecule has 1 amide bonds. The van der Waals surface area contributed by atoms with E-state index >= 15 is 0 Å². The highest BCUT2D eigenvalue weighted by Gasteiger charge is 2.24. The first kappa shape index (κ1) is 18.5. The Kier molecular flexibility index (Phi) is 6.02. The standard InChI is InChI=1S/C18H30N4O2/c1-6-13(2)15-11-16(20-12-19-15)22-9-7-14(8-10-22)21-17(23)24-18(3,4)5/h11-14H,6-10H2,1-5H3,(H,21,23). The van der Waals surface area contributed by atoms with Crippen molar-refractivity contribution >= 4 is 11.9 Å². The first-order valence-electron chi connectivity index (χ1n) is 8.85. The van der Waals surface area contributed by atoms with Crippen LogP contribution in [0.15, 0.2) is 12.4 Å². The lowest BCUT2D eigenvalue weighted by Crippen LogP contribution is -2.46.